The van der Waals surface area contributed by atoms with E-state index >= 15 is 0 Å². The Morgan fingerprint density at radius 3 is 2.31 bits per heavy atom. The lowest BCUT2D eigenvalue weighted by Gasteiger charge is -2.57. The molecular formula is C37H40BrN5O6. The molecule has 49 heavy (non-hydrogen) atoms. The standard InChI is InChI=1S/C37H40BrN5O6/c1-22-35(38)30(19-46-2)29(17-39)36(41-22)49-21-34(45)43-40-18-23-4-9-31(32(13-23)47-3)48-20-33(44)42-28-7-5-27(6-8-28)37-14-24-10-25(15-37)12-26(11-24)16-37/h4-9,13,18,24-26H,10-12,14-16,19-21H2,1-3H3,(H,42,44)(H,43,45)/b40-18+. The van der Waals surface area contributed by atoms with Gasteiger partial charge in [0.05, 0.1) is 25.6 Å². The predicted molar refractivity (Wildman–Crippen MR) is 187 cm³/mol. The fourth-order valence-electron chi connectivity index (χ4n) is 8.15. The van der Waals surface area contributed by atoms with Crippen molar-refractivity contribution in [2.24, 2.45) is 22.9 Å². The molecule has 2 amide bonds. The number of carbonyl (C=O) groups excluding carboxylic acids is 2. The molecule has 12 heteroatoms. The number of methoxy groups -OCH3 is 2. The van der Waals surface area contributed by atoms with Crippen LogP contribution in [-0.4, -0.2) is 50.4 Å². The number of aryl methyl sites for hydroxylation is 1. The minimum Gasteiger partial charge on any atom is -0.493 e. The highest BCUT2D eigenvalue weighted by atomic mass is 79.9. The molecule has 0 aliphatic heterocycles. The van der Waals surface area contributed by atoms with Crippen LogP contribution in [0, 0.1) is 36.0 Å². The average Bonchev–Trinajstić information content (AvgIpc) is 3.08. The molecule has 0 radical (unpaired) electrons. The van der Waals surface area contributed by atoms with Crippen LogP contribution in [0.1, 0.15) is 66.5 Å². The molecule has 1 aromatic heterocycles. The van der Waals surface area contributed by atoms with Crippen molar-refractivity contribution in [2.75, 3.05) is 32.8 Å². The molecule has 0 unspecified atom stereocenters. The van der Waals surface area contributed by atoms with E-state index in [0.29, 0.717) is 38.2 Å². The second kappa shape index (κ2) is 15.0. The van der Waals surface area contributed by atoms with Crippen LogP contribution < -0.4 is 25.0 Å². The summed E-state index contributed by atoms with van der Waals surface area (Å²) < 4.78 is 22.6. The van der Waals surface area contributed by atoms with E-state index in [4.69, 9.17) is 18.9 Å². The van der Waals surface area contributed by atoms with Gasteiger partial charge in [-0.3, -0.25) is 9.59 Å². The predicted octanol–water partition coefficient (Wildman–Crippen LogP) is 6.19. The molecule has 1 heterocycles. The number of benzene rings is 2. The molecule has 2 N–H and O–H groups in total. The monoisotopic (exact) mass is 729 g/mol. The fourth-order valence-corrected chi connectivity index (χ4v) is 8.56. The van der Waals surface area contributed by atoms with E-state index in [9.17, 15) is 14.9 Å². The summed E-state index contributed by atoms with van der Waals surface area (Å²) in [5, 5.41) is 16.5. The third-order valence-electron chi connectivity index (χ3n) is 9.88. The van der Waals surface area contributed by atoms with Gasteiger partial charge in [-0.1, -0.05) is 12.1 Å². The van der Waals surface area contributed by atoms with Crippen LogP contribution in [0.2, 0.25) is 0 Å². The van der Waals surface area contributed by atoms with Crippen molar-refractivity contribution < 1.29 is 28.5 Å². The zero-order valence-electron chi connectivity index (χ0n) is 27.9. The van der Waals surface area contributed by atoms with Crippen LogP contribution in [0.5, 0.6) is 17.4 Å². The number of aromatic nitrogens is 1. The number of nitriles is 1. The lowest BCUT2D eigenvalue weighted by Crippen LogP contribution is -2.48. The van der Waals surface area contributed by atoms with Crippen molar-refractivity contribution in [3.05, 3.63) is 74.9 Å². The molecular weight excluding hydrogens is 690 g/mol. The first-order valence-electron chi connectivity index (χ1n) is 16.4. The molecule has 4 fully saturated rings. The number of hydrazone groups is 1. The second-order valence-corrected chi connectivity index (χ2v) is 14.1. The van der Waals surface area contributed by atoms with Crippen LogP contribution in [0.15, 0.2) is 52.0 Å². The van der Waals surface area contributed by atoms with Crippen molar-refractivity contribution in [1.29, 1.82) is 5.26 Å². The number of carbonyl (C=O) groups is 2. The number of nitrogens with zero attached hydrogens (tertiary/aromatic N) is 3. The Balaban J connectivity index is 0.982. The number of halogens is 1. The molecule has 0 saturated heterocycles. The summed E-state index contributed by atoms with van der Waals surface area (Å²) in [5.74, 6) is 2.66. The van der Waals surface area contributed by atoms with Crippen LogP contribution in [0.4, 0.5) is 5.69 Å². The summed E-state index contributed by atoms with van der Waals surface area (Å²) in [6.45, 7) is 1.33. The van der Waals surface area contributed by atoms with Crippen molar-refractivity contribution in [2.45, 2.75) is 57.5 Å². The molecule has 0 spiro atoms. The van der Waals surface area contributed by atoms with E-state index in [1.54, 1.807) is 25.1 Å². The third-order valence-corrected chi connectivity index (χ3v) is 10.9. The Labute approximate surface area is 294 Å². The van der Waals surface area contributed by atoms with Gasteiger partial charge in [0.15, 0.2) is 24.7 Å². The SMILES string of the molecule is COCc1c(Br)c(C)nc(OCC(=O)N/N=C/c2ccc(OCC(=O)Nc3ccc(C45CC6CC(CC(C6)C4)C5)cc3)c(OC)c2)c1C#N. The first-order chi connectivity index (χ1) is 23.7. The smallest absolute Gasteiger partial charge is 0.278 e. The number of pyridine rings is 1. The van der Waals surface area contributed by atoms with Gasteiger partial charge in [0.2, 0.25) is 5.88 Å². The molecule has 4 bridgehead atoms. The van der Waals surface area contributed by atoms with Gasteiger partial charge in [0.25, 0.3) is 11.8 Å². The summed E-state index contributed by atoms with van der Waals surface area (Å²) in [4.78, 5) is 29.4. The van der Waals surface area contributed by atoms with E-state index in [-0.39, 0.29) is 30.6 Å². The van der Waals surface area contributed by atoms with Crippen molar-refractivity contribution >= 4 is 39.6 Å². The normalized spacial score (nSPS) is 22.1. The summed E-state index contributed by atoms with van der Waals surface area (Å²) in [7, 11) is 3.02. The van der Waals surface area contributed by atoms with Gasteiger partial charge in [-0.15, -0.1) is 0 Å². The highest BCUT2D eigenvalue weighted by Crippen LogP contribution is 2.60. The van der Waals surface area contributed by atoms with Crippen molar-refractivity contribution in [3.8, 4) is 23.4 Å². The topological polar surface area (TPSA) is 144 Å². The van der Waals surface area contributed by atoms with Gasteiger partial charge in [-0.05, 0) is 126 Å². The van der Waals surface area contributed by atoms with Gasteiger partial charge in [0, 0.05) is 22.8 Å². The molecule has 4 aliphatic carbocycles. The maximum Gasteiger partial charge on any atom is 0.278 e. The summed E-state index contributed by atoms with van der Waals surface area (Å²) in [6, 6.07) is 15.5. The van der Waals surface area contributed by atoms with Crippen LogP contribution in [-0.2, 0) is 26.3 Å². The van der Waals surface area contributed by atoms with Gasteiger partial charge >= 0.3 is 0 Å². The van der Waals surface area contributed by atoms with Gasteiger partial charge in [-0.25, -0.2) is 10.4 Å². The zero-order valence-corrected chi connectivity index (χ0v) is 29.5. The second-order valence-electron chi connectivity index (χ2n) is 13.3. The highest BCUT2D eigenvalue weighted by molar-refractivity contribution is 9.10. The Bertz CT molecular complexity index is 1750. The minimum absolute atomic E-state index is 0.0359. The molecule has 11 nitrogen and oxygen atoms in total. The Morgan fingerprint density at radius 1 is 1.00 bits per heavy atom. The van der Waals surface area contributed by atoms with Crippen molar-refractivity contribution in [1.82, 2.24) is 10.4 Å². The first kappa shape index (κ1) is 34.4. The number of amides is 2. The maximum absolute atomic E-state index is 12.7. The van der Waals surface area contributed by atoms with E-state index < -0.39 is 12.5 Å². The van der Waals surface area contributed by atoms with E-state index in [2.05, 4.69) is 55.0 Å². The molecule has 0 atom stereocenters. The molecule has 3 aromatic rings. The van der Waals surface area contributed by atoms with Crippen LogP contribution in [0.25, 0.3) is 0 Å². The quantitative estimate of drug-likeness (QED) is 0.157. The van der Waals surface area contributed by atoms with Crippen LogP contribution in [0.3, 0.4) is 0 Å². The Hall–Kier alpha value is -4.47. The van der Waals surface area contributed by atoms with E-state index in [1.807, 2.05) is 12.1 Å². The zero-order chi connectivity index (χ0) is 34.5. The third kappa shape index (κ3) is 7.73. The molecule has 7 rings (SSSR count). The lowest BCUT2D eigenvalue weighted by molar-refractivity contribution is -0.123. The number of rotatable bonds is 13. The van der Waals surface area contributed by atoms with Gasteiger partial charge in [-0.2, -0.15) is 10.4 Å². The lowest BCUT2D eigenvalue weighted by atomic mass is 9.48. The summed E-state index contributed by atoms with van der Waals surface area (Å²) in [5.41, 5.74) is 6.87. The summed E-state index contributed by atoms with van der Waals surface area (Å²) in [6.07, 6.45) is 9.60. The number of hydrogen-bond acceptors (Lipinski definition) is 9. The van der Waals surface area contributed by atoms with Gasteiger partial charge < -0.3 is 24.3 Å². The molecule has 2 aromatic carbocycles. The highest BCUT2D eigenvalue weighted by Gasteiger charge is 2.51. The van der Waals surface area contributed by atoms with Gasteiger partial charge in [0.1, 0.15) is 11.6 Å². The number of nitrogens with one attached hydrogen (secondary N) is 2. The minimum atomic E-state index is -0.545. The van der Waals surface area contributed by atoms with Crippen molar-refractivity contribution in [3.63, 3.8) is 0 Å². The first-order valence-corrected chi connectivity index (χ1v) is 17.2. The maximum atomic E-state index is 12.7. The Morgan fingerprint density at radius 2 is 1.67 bits per heavy atom. The molecule has 4 saturated carbocycles. The average molecular weight is 731 g/mol. The largest absolute Gasteiger partial charge is 0.493 e. The van der Waals surface area contributed by atoms with E-state index in [0.717, 1.165) is 23.4 Å². The number of anilines is 1. The molecule has 256 valence electrons. The van der Waals surface area contributed by atoms with Crippen LogP contribution >= 0.6 is 15.9 Å². The molecule has 4 aliphatic rings. The Kier molecular flexibility index (Phi) is 10.5. The fraction of sp³-hybridized carbons (Fsp3) is 0.432. The number of hydrogen-bond donors (Lipinski definition) is 2. The van der Waals surface area contributed by atoms with E-state index in [1.165, 1.54) is 64.5 Å². The summed E-state index contributed by atoms with van der Waals surface area (Å²) >= 11 is 3.42. The number of ether oxygens (including phenoxy) is 4.